The summed E-state index contributed by atoms with van der Waals surface area (Å²) in [4.78, 5) is 0. The summed E-state index contributed by atoms with van der Waals surface area (Å²) in [6, 6.07) is 3.96. The molecule has 0 saturated carbocycles. The molecule has 18 heavy (non-hydrogen) atoms. The normalized spacial score (nSPS) is 17.1. The summed E-state index contributed by atoms with van der Waals surface area (Å²) in [5.41, 5.74) is 2.27. The molecule has 0 amide bonds. The Morgan fingerprint density at radius 1 is 1.39 bits per heavy atom. The number of halogens is 2. The zero-order valence-corrected chi connectivity index (χ0v) is 12.5. The van der Waals surface area contributed by atoms with E-state index in [1.165, 1.54) is 18.4 Å². The first-order valence-corrected chi connectivity index (χ1v) is 7.54. The number of hydrogen-bond donors (Lipinski definition) is 0. The van der Waals surface area contributed by atoms with Crippen molar-refractivity contribution >= 4 is 23.2 Å². The third-order valence-electron chi connectivity index (χ3n) is 3.59. The largest absolute Gasteiger partial charge is 0.493 e. The number of ether oxygens (including phenoxy) is 1. The van der Waals surface area contributed by atoms with Crippen LogP contribution >= 0.6 is 23.2 Å². The lowest BCUT2D eigenvalue weighted by molar-refractivity contribution is 0.349. The molecule has 0 N–H and O–H groups in total. The lowest BCUT2D eigenvalue weighted by Crippen LogP contribution is -2.06. The molecule has 1 heterocycles. The Labute approximate surface area is 119 Å². The van der Waals surface area contributed by atoms with E-state index in [4.69, 9.17) is 27.9 Å². The fourth-order valence-electron chi connectivity index (χ4n) is 2.48. The highest BCUT2D eigenvalue weighted by Crippen LogP contribution is 2.42. The Balaban J connectivity index is 2.22. The van der Waals surface area contributed by atoms with Crippen LogP contribution < -0.4 is 4.74 Å². The first-order valence-electron chi connectivity index (χ1n) is 6.72. The summed E-state index contributed by atoms with van der Waals surface area (Å²) in [7, 11) is 0. The van der Waals surface area contributed by atoms with Crippen LogP contribution in [0.5, 0.6) is 5.75 Å². The smallest absolute Gasteiger partial charge is 0.127 e. The Bertz CT molecular complexity index is 417. The van der Waals surface area contributed by atoms with Gasteiger partial charge in [0.05, 0.1) is 12.0 Å². The first-order chi connectivity index (χ1) is 8.63. The highest BCUT2D eigenvalue weighted by atomic mass is 35.5. The summed E-state index contributed by atoms with van der Waals surface area (Å²) in [6.45, 7) is 5.15. The van der Waals surface area contributed by atoms with Gasteiger partial charge in [0.15, 0.2) is 0 Å². The van der Waals surface area contributed by atoms with Crippen molar-refractivity contribution in [3.05, 3.63) is 28.3 Å². The number of alkyl halides is 1. The molecular weight excluding hydrogens is 267 g/mol. The van der Waals surface area contributed by atoms with E-state index in [-0.39, 0.29) is 5.38 Å². The summed E-state index contributed by atoms with van der Waals surface area (Å²) in [6.07, 6.45) is 4.51. The molecule has 100 valence electrons. The van der Waals surface area contributed by atoms with Gasteiger partial charge in [0.25, 0.3) is 0 Å². The first kappa shape index (κ1) is 14.0. The monoisotopic (exact) mass is 286 g/mol. The zero-order chi connectivity index (χ0) is 13.1. The van der Waals surface area contributed by atoms with Crippen LogP contribution in [0.3, 0.4) is 0 Å². The number of fused-ring (bicyclic) bond motifs is 1. The molecule has 2 rings (SSSR count). The van der Waals surface area contributed by atoms with Crippen LogP contribution in [0.2, 0.25) is 5.02 Å². The van der Waals surface area contributed by atoms with Crippen molar-refractivity contribution in [3.8, 4) is 5.75 Å². The van der Waals surface area contributed by atoms with Crippen molar-refractivity contribution in [2.75, 3.05) is 6.61 Å². The van der Waals surface area contributed by atoms with Gasteiger partial charge in [0, 0.05) is 17.0 Å². The second kappa shape index (κ2) is 6.16. The van der Waals surface area contributed by atoms with Crippen molar-refractivity contribution in [1.82, 2.24) is 0 Å². The maximum absolute atomic E-state index is 6.61. The molecule has 0 spiro atoms. The number of hydrogen-bond acceptors (Lipinski definition) is 1. The summed E-state index contributed by atoms with van der Waals surface area (Å²) in [5.74, 6) is 1.42. The van der Waals surface area contributed by atoms with Gasteiger partial charge in [0.2, 0.25) is 0 Å². The molecule has 1 aliphatic rings. The Morgan fingerprint density at radius 2 is 2.17 bits per heavy atom. The lowest BCUT2D eigenvalue weighted by atomic mass is 9.93. The molecule has 1 nitrogen and oxygen atoms in total. The fraction of sp³-hybridized carbons (Fsp3) is 0.600. The van der Waals surface area contributed by atoms with Gasteiger partial charge in [-0.3, -0.25) is 0 Å². The molecule has 0 radical (unpaired) electrons. The van der Waals surface area contributed by atoms with E-state index in [2.05, 4.69) is 13.8 Å². The third kappa shape index (κ3) is 2.95. The predicted octanol–water partition coefficient (Wildman–Crippen LogP) is 5.38. The average molecular weight is 287 g/mol. The number of unbranched alkanes of at least 4 members (excludes halogenated alkanes) is 1. The Morgan fingerprint density at radius 3 is 2.89 bits per heavy atom. The molecule has 1 aromatic rings. The lowest BCUT2D eigenvalue weighted by Gasteiger charge is -2.20. The molecule has 3 heteroatoms. The van der Waals surface area contributed by atoms with Gasteiger partial charge in [0.1, 0.15) is 5.75 Å². The van der Waals surface area contributed by atoms with E-state index in [9.17, 15) is 0 Å². The quantitative estimate of drug-likeness (QED) is 0.660. The van der Waals surface area contributed by atoms with E-state index < -0.39 is 0 Å². The van der Waals surface area contributed by atoms with Crippen LogP contribution in [0, 0.1) is 5.92 Å². The average Bonchev–Trinajstić information content (AvgIpc) is 2.81. The van der Waals surface area contributed by atoms with Crippen molar-refractivity contribution in [2.24, 2.45) is 5.92 Å². The van der Waals surface area contributed by atoms with Gasteiger partial charge in [-0.25, -0.2) is 0 Å². The molecule has 0 aliphatic carbocycles. The van der Waals surface area contributed by atoms with Gasteiger partial charge < -0.3 is 4.74 Å². The van der Waals surface area contributed by atoms with Crippen LogP contribution in [0.15, 0.2) is 12.1 Å². The minimum Gasteiger partial charge on any atom is -0.493 e. The van der Waals surface area contributed by atoms with E-state index in [0.717, 1.165) is 35.8 Å². The van der Waals surface area contributed by atoms with Crippen LogP contribution in [-0.2, 0) is 6.42 Å². The van der Waals surface area contributed by atoms with E-state index in [0.29, 0.717) is 5.92 Å². The summed E-state index contributed by atoms with van der Waals surface area (Å²) >= 11 is 12.8. The maximum atomic E-state index is 6.61. The van der Waals surface area contributed by atoms with Gasteiger partial charge >= 0.3 is 0 Å². The standard InChI is InChI=1S/C15H20Cl2O/c1-3-4-5-10(2)14(17)13-9-12(16)8-11-6-7-18-15(11)13/h8-10,14H,3-7H2,1-2H3. The molecule has 1 aliphatic heterocycles. The van der Waals surface area contributed by atoms with Gasteiger partial charge in [-0.1, -0.05) is 38.3 Å². The fourth-order valence-corrected chi connectivity index (χ4v) is 3.02. The van der Waals surface area contributed by atoms with E-state index in [1.54, 1.807) is 0 Å². The highest BCUT2D eigenvalue weighted by molar-refractivity contribution is 6.31. The third-order valence-corrected chi connectivity index (χ3v) is 4.47. The van der Waals surface area contributed by atoms with E-state index >= 15 is 0 Å². The predicted molar refractivity (Wildman–Crippen MR) is 77.9 cm³/mol. The van der Waals surface area contributed by atoms with Gasteiger partial charge in [-0.05, 0) is 30.0 Å². The van der Waals surface area contributed by atoms with Crippen LogP contribution in [-0.4, -0.2) is 6.61 Å². The minimum absolute atomic E-state index is 0.0119. The zero-order valence-electron chi connectivity index (χ0n) is 11.0. The Hall–Kier alpha value is -0.400. The second-order valence-corrected chi connectivity index (χ2v) is 6.01. The van der Waals surface area contributed by atoms with Crippen molar-refractivity contribution in [3.63, 3.8) is 0 Å². The van der Waals surface area contributed by atoms with Crippen molar-refractivity contribution in [1.29, 1.82) is 0 Å². The van der Waals surface area contributed by atoms with Gasteiger partial charge in [-0.15, -0.1) is 11.6 Å². The second-order valence-electron chi connectivity index (χ2n) is 5.10. The molecule has 0 saturated heterocycles. The SMILES string of the molecule is CCCCC(C)C(Cl)c1cc(Cl)cc2c1OCC2. The van der Waals surface area contributed by atoms with Crippen molar-refractivity contribution in [2.45, 2.75) is 44.9 Å². The van der Waals surface area contributed by atoms with Crippen LogP contribution in [0.1, 0.15) is 49.6 Å². The molecule has 0 aromatic heterocycles. The molecular formula is C15H20Cl2O. The molecule has 2 atom stereocenters. The number of benzene rings is 1. The highest BCUT2D eigenvalue weighted by Gasteiger charge is 2.25. The molecule has 0 bridgehead atoms. The topological polar surface area (TPSA) is 9.23 Å². The van der Waals surface area contributed by atoms with Crippen LogP contribution in [0.25, 0.3) is 0 Å². The van der Waals surface area contributed by atoms with Crippen molar-refractivity contribution < 1.29 is 4.74 Å². The number of rotatable bonds is 5. The van der Waals surface area contributed by atoms with Crippen LogP contribution in [0.4, 0.5) is 0 Å². The minimum atomic E-state index is -0.0119. The molecule has 1 aromatic carbocycles. The summed E-state index contributed by atoms with van der Waals surface area (Å²) < 4.78 is 5.72. The summed E-state index contributed by atoms with van der Waals surface area (Å²) in [5, 5.41) is 0.754. The molecule has 0 fully saturated rings. The van der Waals surface area contributed by atoms with E-state index in [1.807, 2.05) is 12.1 Å². The van der Waals surface area contributed by atoms with Gasteiger partial charge in [-0.2, -0.15) is 0 Å². The molecule has 2 unspecified atom stereocenters. The Kier molecular flexibility index (Phi) is 4.80. The maximum Gasteiger partial charge on any atom is 0.127 e.